The largest absolute Gasteiger partial charge is 0.341 e. The zero-order valence-corrected chi connectivity index (χ0v) is 14.5. The van der Waals surface area contributed by atoms with Crippen LogP contribution in [0.5, 0.6) is 0 Å². The normalized spacial score (nSPS) is 10.9. The van der Waals surface area contributed by atoms with Crippen molar-refractivity contribution in [2.45, 2.75) is 25.7 Å². The standard InChI is InChI=1S/C15H24N2OS.ClH/c1-11-6-7-12(19-5)8-13(11)14(18)17(4)10-15(2,3)9-16;/h6-8H,9-10,16H2,1-5H3;1H. The second-order valence-corrected chi connectivity index (χ2v) is 6.59. The van der Waals surface area contributed by atoms with E-state index in [-0.39, 0.29) is 23.7 Å². The van der Waals surface area contributed by atoms with Crippen LogP contribution in [-0.2, 0) is 0 Å². The molecule has 0 fully saturated rings. The van der Waals surface area contributed by atoms with Gasteiger partial charge in [0.1, 0.15) is 0 Å². The predicted octanol–water partition coefficient (Wildman–Crippen LogP) is 3.20. The first kappa shape index (κ1) is 19.3. The lowest BCUT2D eigenvalue weighted by molar-refractivity contribution is 0.0739. The molecule has 1 rings (SSSR count). The smallest absolute Gasteiger partial charge is 0.253 e. The first-order valence-electron chi connectivity index (χ1n) is 6.41. The fourth-order valence-corrected chi connectivity index (χ4v) is 2.38. The van der Waals surface area contributed by atoms with E-state index in [0.717, 1.165) is 16.0 Å². The van der Waals surface area contributed by atoms with Gasteiger partial charge in [-0.3, -0.25) is 4.79 Å². The second-order valence-electron chi connectivity index (χ2n) is 5.71. The molecule has 114 valence electrons. The maximum Gasteiger partial charge on any atom is 0.253 e. The molecule has 0 aromatic heterocycles. The Morgan fingerprint density at radius 3 is 2.50 bits per heavy atom. The van der Waals surface area contributed by atoms with Crippen LogP contribution in [0.25, 0.3) is 0 Å². The minimum Gasteiger partial charge on any atom is -0.341 e. The Morgan fingerprint density at radius 1 is 1.40 bits per heavy atom. The van der Waals surface area contributed by atoms with Gasteiger partial charge in [-0.1, -0.05) is 19.9 Å². The van der Waals surface area contributed by atoms with Crippen LogP contribution in [0.2, 0.25) is 0 Å². The van der Waals surface area contributed by atoms with Gasteiger partial charge in [0.05, 0.1) is 0 Å². The highest BCUT2D eigenvalue weighted by Gasteiger charge is 2.22. The van der Waals surface area contributed by atoms with Gasteiger partial charge >= 0.3 is 0 Å². The van der Waals surface area contributed by atoms with Crippen molar-refractivity contribution >= 4 is 30.1 Å². The molecular weight excluding hydrogens is 292 g/mol. The molecule has 0 bridgehead atoms. The molecule has 0 aliphatic carbocycles. The summed E-state index contributed by atoms with van der Waals surface area (Å²) < 4.78 is 0. The van der Waals surface area contributed by atoms with Crippen molar-refractivity contribution in [1.29, 1.82) is 0 Å². The number of hydrogen-bond acceptors (Lipinski definition) is 3. The lowest BCUT2D eigenvalue weighted by Crippen LogP contribution is -2.40. The van der Waals surface area contributed by atoms with E-state index in [4.69, 9.17) is 5.73 Å². The Bertz CT molecular complexity index is 463. The van der Waals surface area contributed by atoms with Crippen molar-refractivity contribution in [3.8, 4) is 0 Å². The third-order valence-electron chi connectivity index (χ3n) is 3.24. The van der Waals surface area contributed by atoms with Crippen molar-refractivity contribution in [2.75, 3.05) is 26.4 Å². The fourth-order valence-electron chi connectivity index (χ4n) is 1.94. The summed E-state index contributed by atoms with van der Waals surface area (Å²) in [5.74, 6) is 0.0647. The number of rotatable bonds is 5. The zero-order valence-electron chi connectivity index (χ0n) is 12.9. The molecule has 0 saturated heterocycles. The Hall–Kier alpha value is -0.710. The molecule has 0 atom stereocenters. The van der Waals surface area contributed by atoms with Crippen molar-refractivity contribution in [3.63, 3.8) is 0 Å². The second kappa shape index (κ2) is 7.91. The van der Waals surface area contributed by atoms with Gasteiger partial charge in [-0.2, -0.15) is 0 Å². The summed E-state index contributed by atoms with van der Waals surface area (Å²) in [5.41, 5.74) is 7.46. The summed E-state index contributed by atoms with van der Waals surface area (Å²) in [6.07, 6.45) is 2.01. The van der Waals surface area contributed by atoms with E-state index >= 15 is 0 Å². The SMILES string of the molecule is CSc1ccc(C)c(C(=O)N(C)CC(C)(C)CN)c1.Cl. The van der Waals surface area contributed by atoms with E-state index in [1.807, 2.05) is 38.4 Å². The molecule has 0 aliphatic heterocycles. The number of nitrogens with two attached hydrogens (primary N) is 1. The molecule has 0 heterocycles. The third kappa shape index (κ3) is 5.00. The van der Waals surface area contributed by atoms with Crippen LogP contribution in [-0.4, -0.2) is 37.2 Å². The van der Waals surface area contributed by atoms with Gasteiger partial charge < -0.3 is 10.6 Å². The predicted molar refractivity (Wildman–Crippen MR) is 90.0 cm³/mol. The van der Waals surface area contributed by atoms with Crippen LogP contribution in [0.4, 0.5) is 0 Å². The number of halogens is 1. The summed E-state index contributed by atoms with van der Waals surface area (Å²) in [7, 11) is 1.84. The van der Waals surface area contributed by atoms with Crippen molar-refractivity contribution in [3.05, 3.63) is 29.3 Å². The summed E-state index contributed by atoms with van der Waals surface area (Å²) in [6, 6.07) is 6.01. The highest BCUT2D eigenvalue weighted by atomic mass is 35.5. The minimum atomic E-state index is -0.0601. The van der Waals surface area contributed by atoms with Crippen LogP contribution in [0.1, 0.15) is 29.8 Å². The first-order chi connectivity index (χ1) is 8.80. The van der Waals surface area contributed by atoms with Crippen LogP contribution in [0, 0.1) is 12.3 Å². The van der Waals surface area contributed by atoms with Crippen molar-refractivity contribution in [1.82, 2.24) is 4.90 Å². The van der Waals surface area contributed by atoms with Gasteiger partial charge in [-0.15, -0.1) is 24.2 Å². The number of aryl methyl sites for hydroxylation is 1. The summed E-state index contributed by atoms with van der Waals surface area (Å²) in [5, 5.41) is 0. The minimum absolute atomic E-state index is 0. The lowest BCUT2D eigenvalue weighted by Gasteiger charge is -2.29. The third-order valence-corrected chi connectivity index (χ3v) is 3.96. The molecular formula is C15H25ClN2OS. The molecule has 0 spiro atoms. The van der Waals surface area contributed by atoms with Gasteiger partial charge in [-0.05, 0) is 42.8 Å². The number of nitrogens with zero attached hydrogens (tertiary/aromatic N) is 1. The van der Waals surface area contributed by atoms with Crippen LogP contribution >= 0.6 is 24.2 Å². The first-order valence-corrected chi connectivity index (χ1v) is 7.63. The summed E-state index contributed by atoms with van der Waals surface area (Å²) in [4.78, 5) is 15.4. The van der Waals surface area contributed by atoms with Crippen LogP contribution in [0.15, 0.2) is 23.1 Å². The molecule has 20 heavy (non-hydrogen) atoms. The lowest BCUT2D eigenvalue weighted by atomic mass is 9.93. The molecule has 3 nitrogen and oxygen atoms in total. The number of benzene rings is 1. The van der Waals surface area contributed by atoms with E-state index in [1.54, 1.807) is 16.7 Å². The molecule has 1 amide bonds. The number of amides is 1. The molecule has 0 unspecified atom stereocenters. The monoisotopic (exact) mass is 316 g/mol. The van der Waals surface area contributed by atoms with Crippen molar-refractivity contribution in [2.24, 2.45) is 11.1 Å². The van der Waals surface area contributed by atoms with Crippen LogP contribution in [0.3, 0.4) is 0 Å². The van der Waals surface area contributed by atoms with E-state index in [1.165, 1.54) is 0 Å². The molecule has 1 aromatic rings. The highest BCUT2D eigenvalue weighted by Crippen LogP contribution is 2.21. The fraction of sp³-hybridized carbons (Fsp3) is 0.533. The van der Waals surface area contributed by atoms with E-state index in [9.17, 15) is 4.79 Å². The molecule has 0 radical (unpaired) electrons. The Morgan fingerprint density at radius 2 is 2.00 bits per heavy atom. The zero-order chi connectivity index (χ0) is 14.6. The van der Waals surface area contributed by atoms with Crippen LogP contribution < -0.4 is 5.73 Å². The Balaban J connectivity index is 0.00000361. The maximum atomic E-state index is 12.5. The van der Waals surface area contributed by atoms with Gasteiger partial charge in [0.15, 0.2) is 0 Å². The molecule has 0 saturated carbocycles. The number of thioether (sulfide) groups is 1. The number of carbonyl (C=O) groups excluding carboxylic acids is 1. The molecule has 0 aliphatic rings. The van der Waals surface area contributed by atoms with E-state index < -0.39 is 0 Å². The Kier molecular flexibility index (Phi) is 7.63. The summed E-state index contributed by atoms with van der Waals surface area (Å²) in [6.45, 7) is 7.34. The average Bonchev–Trinajstić information content (AvgIpc) is 2.38. The van der Waals surface area contributed by atoms with Gasteiger partial charge in [0, 0.05) is 24.1 Å². The van der Waals surface area contributed by atoms with E-state index in [2.05, 4.69) is 13.8 Å². The van der Waals surface area contributed by atoms with E-state index in [0.29, 0.717) is 13.1 Å². The molecule has 1 aromatic carbocycles. The Labute approximate surface area is 132 Å². The maximum absolute atomic E-state index is 12.5. The topological polar surface area (TPSA) is 46.3 Å². The van der Waals surface area contributed by atoms with Gasteiger partial charge in [0.2, 0.25) is 0 Å². The molecule has 5 heteroatoms. The van der Waals surface area contributed by atoms with Gasteiger partial charge in [-0.25, -0.2) is 0 Å². The highest BCUT2D eigenvalue weighted by molar-refractivity contribution is 7.98. The number of hydrogen-bond donors (Lipinski definition) is 1. The van der Waals surface area contributed by atoms with Gasteiger partial charge in [0.25, 0.3) is 5.91 Å². The molecule has 2 N–H and O–H groups in total. The summed E-state index contributed by atoms with van der Waals surface area (Å²) >= 11 is 1.65. The number of carbonyl (C=O) groups is 1. The quantitative estimate of drug-likeness (QED) is 0.849. The average molecular weight is 317 g/mol. The van der Waals surface area contributed by atoms with Crippen molar-refractivity contribution < 1.29 is 4.79 Å².